The Bertz CT molecular complexity index is 1330. The number of para-hydroxylation sites is 1. The second-order valence-electron chi connectivity index (χ2n) is 10.9. The summed E-state index contributed by atoms with van der Waals surface area (Å²) in [6, 6.07) is 14.2. The van der Waals surface area contributed by atoms with Crippen LogP contribution in [0.4, 0.5) is 10.5 Å². The van der Waals surface area contributed by atoms with E-state index in [4.69, 9.17) is 4.74 Å². The van der Waals surface area contributed by atoms with Gasteiger partial charge < -0.3 is 15.0 Å². The van der Waals surface area contributed by atoms with Crippen LogP contribution in [-0.2, 0) is 38.6 Å². The molecule has 10 heteroatoms. The molecule has 2 aromatic carbocycles. The summed E-state index contributed by atoms with van der Waals surface area (Å²) in [7, 11) is -3.20. The monoisotopic (exact) mass is 571 g/mol. The van der Waals surface area contributed by atoms with Gasteiger partial charge in [-0.15, -0.1) is 0 Å². The number of ether oxygens (including phenoxy) is 1. The van der Waals surface area contributed by atoms with Gasteiger partial charge in [0.15, 0.2) is 15.0 Å². The maximum Gasteiger partial charge on any atom is 0.408 e. The van der Waals surface area contributed by atoms with Gasteiger partial charge in [-0.25, -0.2) is 13.2 Å². The van der Waals surface area contributed by atoms with Gasteiger partial charge in [0.25, 0.3) is 5.91 Å². The lowest BCUT2D eigenvalue weighted by Gasteiger charge is -2.29. The highest BCUT2D eigenvalue weighted by Gasteiger charge is 2.50. The van der Waals surface area contributed by atoms with E-state index < -0.39 is 33.5 Å². The number of amidine groups is 1. The van der Waals surface area contributed by atoms with Crippen LogP contribution in [-0.4, -0.2) is 60.0 Å². The molecule has 8 nitrogen and oxygen atoms in total. The summed E-state index contributed by atoms with van der Waals surface area (Å²) in [4.78, 5) is 32.9. The van der Waals surface area contributed by atoms with Crippen LogP contribution in [0.2, 0.25) is 0 Å². The molecule has 2 heterocycles. The number of fused-ring (bicyclic) bond motifs is 1. The molecule has 39 heavy (non-hydrogen) atoms. The number of nitrogens with one attached hydrogen (secondary N) is 1. The third kappa shape index (κ3) is 7.03. The van der Waals surface area contributed by atoms with Gasteiger partial charge in [-0.05, 0) is 50.3 Å². The number of rotatable bonds is 7. The summed E-state index contributed by atoms with van der Waals surface area (Å²) < 4.78 is 30.6. The van der Waals surface area contributed by atoms with Gasteiger partial charge in [0.1, 0.15) is 11.6 Å². The SMILES string of the molecule is CCc1cccc(CC)c1N1C(=NC(=O)[C@@H](Cc2ccccc2)NC(=O)OC(C)(C)C)S[C@@H]2CS(=O)(=O)C[C@H]21. The zero-order chi connectivity index (χ0) is 28.4. The molecule has 0 unspecified atom stereocenters. The number of carbonyl (C=O) groups is 2. The molecule has 3 atom stereocenters. The molecule has 1 N–H and O–H groups in total. The van der Waals surface area contributed by atoms with Crippen LogP contribution < -0.4 is 10.2 Å². The molecule has 0 aliphatic carbocycles. The standard InChI is InChI=1S/C29H37N3O5S2/c1-6-20-14-11-15-21(7-2)25(20)32-23-17-39(35,36)18-24(23)38-27(32)31-26(33)22(16-19-12-9-8-10-13-19)30-28(34)37-29(3,4)5/h8-15,22-24H,6-7,16-18H2,1-5H3,(H,30,34)/t22-,23-,24-/m1/s1. The highest BCUT2D eigenvalue weighted by Crippen LogP contribution is 2.43. The number of benzene rings is 2. The minimum absolute atomic E-state index is 0.0166. The zero-order valence-electron chi connectivity index (χ0n) is 23.1. The van der Waals surface area contributed by atoms with E-state index in [0.29, 0.717) is 5.17 Å². The Kier molecular flexibility index (Phi) is 8.75. The van der Waals surface area contributed by atoms with Gasteiger partial charge in [-0.1, -0.05) is 74.1 Å². The summed E-state index contributed by atoms with van der Waals surface area (Å²) >= 11 is 1.34. The molecule has 2 fully saturated rings. The van der Waals surface area contributed by atoms with Crippen LogP contribution in [0.5, 0.6) is 0 Å². The van der Waals surface area contributed by atoms with Crippen molar-refractivity contribution in [2.45, 2.75) is 76.8 Å². The summed E-state index contributed by atoms with van der Waals surface area (Å²) in [6.07, 6.45) is 1.06. The van der Waals surface area contributed by atoms with Gasteiger partial charge in [-0.3, -0.25) is 4.79 Å². The lowest BCUT2D eigenvalue weighted by molar-refractivity contribution is -0.119. The zero-order valence-corrected chi connectivity index (χ0v) is 24.8. The van der Waals surface area contributed by atoms with E-state index in [2.05, 4.69) is 24.2 Å². The Balaban J connectivity index is 1.73. The number of carbonyl (C=O) groups excluding carboxylic acids is 2. The lowest BCUT2D eigenvalue weighted by Crippen LogP contribution is -2.45. The lowest BCUT2D eigenvalue weighted by atomic mass is 10.0. The second kappa shape index (κ2) is 11.7. The second-order valence-corrected chi connectivity index (χ2v) is 14.3. The number of sulfone groups is 1. The Hall–Kier alpha value is -2.85. The quantitative estimate of drug-likeness (QED) is 0.520. The van der Waals surface area contributed by atoms with Crippen LogP contribution in [0.15, 0.2) is 53.5 Å². The fourth-order valence-corrected chi connectivity index (χ4v) is 8.93. The van der Waals surface area contributed by atoms with Gasteiger partial charge in [0.05, 0.1) is 17.5 Å². The Morgan fingerprint density at radius 2 is 1.69 bits per heavy atom. The molecule has 0 saturated carbocycles. The Morgan fingerprint density at radius 3 is 2.28 bits per heavy atom. The minimum Gasteiger partial charge on any atom is -0.444 e. The number of aryl methyl sites for hydroxylation is 2. The Morgan fingerprint density at radius 1 is 1.05 bits per heavy atom. The van der Waals surface area contributed by atoms with Crippen molar-refractivity contribution in [3.05, 3.63) is 65.2 Å². The van der Waals surface area contributed by atoms with Gasteiger partial charge in [0.2, 0.25) is 0 Å². The fraction of sp³-hybridized carbons (Fsp3) is 0.483. The number of hydrogen-bond acceptors (Lipinski definition) is 6. The Labute approximate surface area is 235 Å². The van der Waals surface area contributed by atoms with Crippen LogP contribution >= 0.6 is 11.8 Å². The molecule has 0 radical (unpaired) electrons. The van der Waals surface area contributed by atoms with Gasteiger partial charge in [0, 0.05) is 17.4 Å². The molecule has 2 amide bonds. The van der Waals surface area contributed by atoms with Crippen molar-refractivity contribution in [2.24, 2.45) is 4.99 Å². The third-order valence-electron chi connectivity index (χ3n) is 6.75. The van der Waals surface area contributed by atoms with Crippen molar-refractivity contribution in [3.63, 3.8) is 0 Å². The van der Waals surface area contributed by atoms with E-state index in [9.17, 15) is 18.0 Å². The predicted octanol–water partition coefficient (Wildman–Crippen LogP) is 4.55. The first-order valence-electron chi connectivity index (χ1n) is 13.3. The van der Waals surface area contributed by atoms with Crippen molar-refractivity contribution in [3.8, 4) is 0 Å². The maximum atomic E-state index is 13.7. The van der Waals surface area contributed by atoms with Crippen LogP contribution in [0.25, 0.3) is 0 Å². The molecular formula is C29H37N3O5S2. The molecule has 0 aromatic heterocycles. The number of anilines is 1. The molecule has 210 valence electrons. The molecule has 2 aromatic rings. The number of thioether (sulfide) groups is 1. The summed E-state index contributed by atoms with van der Waals surface area (Å²) in [6.45, 7) is 9.41. The van der Waals surface area contributed by atoms with Crippen molar-refractivity contribution >= 4 is 44.5 Å². The van der Waals surface area contributed by atoms with Gasteiger partial charge >= 0.3 is 6.09 Å². The first kappa shape index (κ1) is 29.1. The molecule has 0 bridgehead atoms. The number of amides is 2. The maximum absolute atomic E-state index is 13.7. The number of aliphatic imine (C=N–C) groups is 1. The number of alkyl carbamates (subject to hydrolysis) is 1. The fourth-order valence-electron chi connectivity index (χ4n) is 5.02. The topological polar surface area (TPSA) is 105 Å². The van der Waals surface area contributed by atoms with E-state index in [1.165, 1.54) is 11.8 Å². The largest absolute Gasteiger partial charge is 0.444 e. The van der Waals surface area contributed by atoms with Crippen molar-refractivity contribution in [1.29, 1.82) is 0 Å². The number of nitrogens with zero attached hydrogens (tertiary/aromatic N) is 2. The van der Waals surface area contributed by atoms with Gasteiger partial charge in [-0.2, -0.15) is 4.99 Å². The molecule has 4 rings (SSSR count). The average Bonchev–Trinajstić information content (AvgIpc) is 3.32. The first-order chi connectivity index (χ1) is 18.4. The molecule has 2 aliphatic heterocycles. The summed E-state index contributed by atoms with van der Waals surface area (Å²) in [5, 5.41) is 2.97. The van der Waals surface area contributed by atoms with Crippen molar-refractivity contribution in [1.82, 2.24) is 5.32 Å². The van der Waals surface area contributed by atoms with E-state index in [0.717, 1.165) is 35.2 Å². The van der Waals surface area contributed by atoms with Crippen LogP contribution in [0, 0.1) is 0 Å². The molecule has 2 aliphatic rings. The highest BCUT2D eigenvalue weighted by atomic mass is 32.2. The van der Waals surface area contributed by atoms with E-state index in [1.54, 1.807) is 20.8 Å². The van der Waals surface area contributed by atoms with Crippen molar-refractivity contribution < 1.29 is 22.7 Å². The highest BCUT2D eigenvalue weighted by molar-refractivity contribution is 8.16. The van der Waals surface area contributed by atoms with E-state index >= 15 is 0 Å². The number of hydrogen-bond donors (Lipinski definition) is 1. The normalized spacial score (nSPS) is 22.0. The molecule has 2 saturated heterocycles. The predicted molar refractivity (Wildman–Crippen MR) is 157 cm³/mol. The molecular weight excluding hydrogens is 534 g/mol. The van der Waals surface area contributed by atoms with Crippen LogP contribution in [0.1, 0.15) is 51.3 Å². The summed E-state index contributed by atoms with van der Waals surface area (Å²) in [5.74, 6) is -0.444. The van der Waals surface area contributed by atoms with E-state index in [-0.39, 0.29) is 29.2 Å². The smallest absolute Gasteiger partial charge is 0.408 e. The third-order valence-corrected chi connectivity index (χ3v) is 9.96. The summed E-state index contributed by atoms with van der Waals surface area (Å²) in [5.41, 5.74) is 3.24. The van der Waals surface area contributed by atoms with E-state index in [1.807, 2.05) is 53.4 Å². The van der Waals surface area contributed by atoms with Crippen molar-refractivity contribution in [2.75, 3.05) is 16.4 Å². The average molecular weight is 572 g/mol. The van der Waals surface area contributed by atoms with Crippen LogP contribution in [0.3, 0.4) is 0 Å². The molecule has 0 spiro atoms. The first-order valence-corrected chi connectivity index (χ1v) is 16.0. The minimum atomic E-state index is -3.20.